The number of halogens is 1. The van der Waals surface area contributed by atoms with Crippen LogP contribution >= 0.6 is 11.6 Å². The highest BCUT2D eigenvalue weighted by Gasteiger charge is 2.35. The normalized spacial score (nSPS) is 24.6. The summed E-state index contributed by atoms with van der Waals surface area (Å²) in [5.74, 6) is 0.832. The van der Waals surface area contributed by atoms with Crippen molar-refractivity contribution in [2.24, 2.45) is 0 Å². The molecule has 4 nitrogen and oxygen atoms in total. The van der Waals surface area contributed by atoms with E-state index in [1.54, 1.807) is 6.07 Å². The lowest BCUT2D eigenvalue weighted by molar-refractivity contribution is 0.0103. The van der Waals surface area contributed by atoms with Crippen LogP contribution in [0.3, 0.4) is 0 Å². The van der Waals surface area contributed by atoms with Gasteiger partial charge in [-0.1, -0.05) is 11.6 Å². The van der Waals surface area contributed by atoms with Crippen molar-refractivity contribution in [3.8, 4) is 0 Å². The standard InChI is InChI=1S/C12H14ClN3O/c1-12(3-2-4-17-12)11-15-9-6-7(13)5-8(14)10(9)16-11/h5-6H,2-4,14H2,1H3,(H,15,16). The molecule has 1 unspecified atom stereocenters. The van der Waals surface area contributed by atoms with Crippen LogP contribution in [0.2, 0.25) is 5.02 Å². The van der Waals surface area contributed by atoms with Crippen molar-refractivity contribution in [2.75, 3.05) is 12.3 Å². The van der Waals surface area contributed by atoms with E-state index in [4.69, 9.17) is 22.1 Å². The largest absolute Gasteiger partial charge is 0.397 e. The molecule has 0 radical (unpaired) electrons. The predicted octanol–water partition coefficient (Wildman–Crippen LogP) is 2.82. The second-order valence-corrected chi connectivity index (χ2v) is 5.10. The number of nitrogens with zero attached hydrogens (tertiary/aromatic N) is 1. The van der Waals surface area contributed by atoms with Gasteiger partial charge in [-0.25, -0.2) is 4.98 Å². The summed E-state index contributed by atoms with van der Waals surface area (Å²) in [4.78, 5) is 7.80. The van der Waals surface area contributed by atoms with Gasteiger partial charge in [-0.15, -0.1) is 0 Å². The van der Waals surface area contributed by atoms with Crippen LogP contribution < -0.4 is 5.73 Å². The minimum atomic E-state index is -0.321. The molecule has 0 saturated carbocycles. The maximum atomic E-state index is 5.97. The summed E-state index contributed by atoms with van der Waals surface area (Å²) in [5, 5.41) is 0.614. The van der Waals surface area contributed by atoms with Crippen LogP contribution in [0.5, 0.6) is 0 Å². The van der Waals surface area contributed by atoms with E-state index >= 15 is 0 Å². The van der Waals surface area contributed by atoms with E-state index in [1.165, 1.54) is 0 Å². The van der Waals surface area contributed by atoms with Crippen molar-refractivity contribution < 1.29 is 4.74 Å². The molecular formula is C12H14ClN3O. The third-order valence-corrected chi connectivity index (χ3v) is 3.52. The molecular weight excluding hydrogens is 238 g/mol. The van der Waals surface area contributed by atoms with Crippen LogP contribution in [0.25, 0.3) is 11.0 Å². The van der Waals surface area contributed by atoms with Crippen LogP contribution in [0.1, 0.15) is 25.6 Å². The van der Waals surface area contributed by atoms with Gasteiger partial charge in [0, 0.05) is 11.6 Å². The van der Waals surface area contributed by atoms with Gasteiger partial charge in [0.05, 0.1) is 11.2 Å². The van der Waals surface area contributed by atoms with Crippen molar-refractivity contribution in [1.82, 2.24) is 9.97 Å². The Morgan fingerprint density at radius 2 is 2.35 bits per heavy atom. The van der Waals surface area contributed by atoms with Crippen molar-refractivity contribution in [1.29, 1.82) is 0 Å². The first-order chi connectivity index (χ1) is 8.08. The molecule has 3 N–H and O–H groups in total. The zero-order chi connectivity index (χ0) is 12.0. The molecule has 0 aliphatic carbocycles. The minimum Gasteiger partial charge on any atom is -0.397 e. The van der Waals surface area contributed by atoms with Crippen LogP contribution in [-0.4, -0.2) is 16.6 Å². The molecule has 17 heavy (non-hydrogen) atoms. The molecule has 2 aromatic rings. The lowest BCUT2D eigenvalue weighted by atomic mass is 10.0. The SMILES string of the molecule is CC1(c2nc3c(N)cc(Cl)cc3[nH]2)CCCO1. The highest BCUT2D eigenvalue weighted by molar-refractivity contribution is 6.31. The predicted molar refractivity (Wildman–Crippen MR) is 68.1 cm³/mol. The Bertz CT molecular complexity index is 572. The first kappa shape index (κ1) is 10.9. The summed E-state index contributed by atoms with van der Waals surface area (Å²) < 4.78 is 5.76. The number of benzene rings is 1. The van der Waals surface area contributed by atoms with E-state index in [1.807, 2.05) is 6.07 Å². The van der Waals surface area contributed by atoms with Gasteiger partial charge in [-0.3, -0.25) is 0 Å². The highest BCUT2D eigenvalue weighted by atomic mass is 35.5. The van der Waals surface area contributed by atoms with Gasteiger partial charge in [0.25, 0.3) is 0 Å². The van der Waals surface area contributed by atoms with E-state index in [-0.39, 0.29) is 5.60 Å². The third kappa shape index (κ3) is 1.68. The van der Waals surface area contributed by atoms with Gasteiger partial charge in [-0.2, -0.15) is 0 Å². The molecule has 1 aliphatic heterocycles. The number of nitrogens with two attached hydrogens (primary N) is 1. The Balaban J connectivity index is 2.16. The number of hydrogen-bond acceptors (Lipinski definition) is 3. The van der Waals surface area contributed by atoms with Gasteiger partial charge in [0.15, 0.2) is 0 Å². The molecule has 1 aliphatic rings. The summed E-state index contributed by atoms with van der Waals surface area (Å²) in [6.45, 7) is 2.83. The number of rotatable bonds is 1. The Morgan fingerprint density at radius 3 is 3.06 bits per heavy atom. The number of ether oxygens (including phenoxy) is 1. The average molecular weight is 252 g/mol. The average Bonchev–Trinajstić information content (AvgIpc) is 2.84. The van der Waals surface area contributed by atoms with Gasteiger partial charge >= 0.3 is 0 Å². The van der Waals surface area contributed by atoms with Crippen LogP contribution in [0, 0.1) is 0 Å². The number of imidazole rings is 1. The number of nitrogen functional groups attached to an aromatic ring is 1. The summed E-state index contributed by atoms with van der Waals surface area (Å²) in [6, 6.07) is 3.55. The van der Waals surface area contributed by atoms with Crippen LogP contribution in [0.4, 0.5) is 5.69 Å². The topological polar surface area (TPSA) is 63.9 Å². The molecule has 3 rings (SSSR count). The van der Waals surface area contributed by atoms with Crippen LogP contribution in [0.15, 0.2) is 12.1 Å². The van der Waals surface area contributed by atoms with E-state index in [9.17, 15) is 0 Å². The zero-order valence-corrected chi connectivity index (χ0v) is 10.3. The number of hydrogen-bond donors (Lipinski definition) is 2. The molecule has 1 aromatic heterocycles. The van der Waals surface area contributed by atoms with Crippen molar-refractivity contribution in [3.63, 3.8) is 0 Å². The van der Waals surface area contributed by atoms with Crippen molar-refractivity contribution in [2.45, 2.75) is 25.4 Å². The fraction of sp³-hybridized carbons (Fsp3) is 0.417. The number of H-pyrrole nitrogens is 1. The second-order valence-electron chi connectivity index (χ2n) is 4.66. The molecule has 90 valence electrons. The first-order valence-electron chi connectivity index (χ1n) is 5.68. The number of aromatic nitrogens is 2. The van der Waals surface area contributed by atoms with E-state index in [0.717, 1.165) is 36.3 Å². The summed E-state index contributed by atoms with van der Waals surface area (Å²) in [6.07, 6.45) is 2.03. The molecule has 0 spiro atoms. The van der Waals surface area contributed by atoms with E-state index < -0.39 is 0 Å². The van der Waals surface area contributed by atoms with Crippen LogP contribution in [-0.2, 0) is 10.3 Å². The zero-order valence-electron chi connectivity index (χ0n) is 9.59. The molecule has 1 atom stereocenters. The Kier molecular flexibility index (Phi) is 2.31. The number of nitrogens with one attached hydrogen (secondary N) is 1. The highest BCUT2D eigenvalue weighted by Crippen LogP contribution is 2.36. The monoisotopic (exact) mass is 251 g/mol. The Labute approximate surface area is 104 Å². The maximum absolute atomic E-state index is 5.97. The smallest absolute Gasteiger partial charge is 0.139 e. The third-order valence-electron chi connectivity index (χ3n) is 3.30. The van der Waals surface area contributed by atoms with Gasteiger partial charge in [-0.05, 0) is 31.9 Å². The summed E-state index contributed by atoms with van der Waals surface area (Å²) in [5.41, 5.74) is 7.80. The number of aromatic amines is 1. The molecule has 0 amide bonds. The Hall–Kier alpha value is -1.26. The minimum absolute atomic E-state index is 0.321. The maximum Gasteiger partial charge on any atom is 0.139 e. The molecule has 5 heteroatoms. The Morgan fingerprint density at radius 1 is 1.53 bits per heavy atom. The molecule has 1 aromatic carbocycles. The van der Waals surface area contributed by atoms with E-state index in [0.29, 0.717) is 10.7 Å². The van der Waals surface area contributed by atoms with E-state index in [2.05, 4.69) is 16.9 Å². The fourth-order valence-electron chi connectivity index (χ4n) is 2.32. The van der Waals surface area contributed by atoms with Gasteiger partial charge in [0.1, 0.15) is 16.9 Å². The molecule has 1 fully saturated rings. The molecule has 2 heterocycles. The lowest BCUT2D eigenvalue weighted by Crippen LogP contribution is -2.21. The lowest BCUT2D eigenvalue weighted by Gasteiger charge is -2.19. The molecule has 0 bridgehead atoms. The first-order valence-corrected chi connectivity index (χ1v) is 6.05. The van der Waals surface area contributed by atoms with Gasteiger partial charge < -0.3 is 15.5 Å². The number of fused-ring (bicyclic) bond motifs is 1. The molecule has 1 saturated heterocycles. The van der Waals surface area contributed by atoms with Crippen molar-refractivity contribution in [3.05, 3.63) is 23.0 Å². The van der Waals surface area contributed by atoms with Crippen molar-refractivity contribution >= 4 is 28.3 Å². The fourth-order valence-corrected chi connectivity index (χ4v) is 2.55. The summed E-state index contributed by atoms with van der Waals surface area (Å²) in [7, 11) is 0. The summed E-state index contributed by atoms with van der Waals surface area (Å²) >= 11 is 5.97. The van der Waals surface area contributed by atoms with Gasteiger partial charge in [0.2, 0.25) is 0 Å². The second kappa shape index (κ2) is 3.62. The number of anilines is 1. The quantitative estimate of drug-likeness (QED) is 0.766.